The molecule has 1 aliphatic rings. The number of hydrogen-bond donors (Lipinski definition) is 1. The van der Waals surface area contributed by atoms with Crippen LogP contribution in [0.25, 0.3) is 20.5 Å². The number of phenolic OH excluding ortho intramolecular Hbond substituents is 1. The molecule has 0 unspecified atom stereocenters. The van der Waals surface area contributed by atoms with E-state index in [1.54, 1.807) is 54.6 Å². The molecule has 0 saturated carbocycles. The van der Waals surface area contributed by atoms with Crippen LogP contribution in [-0.2, 0) is 14.6 Å². The van der Waals surface area contributed by atoms with Gasteiger partial charge >= 0.3 is 5.97 Å². The highest BCUT2D eigenvalue weighted by Gasteiger charge is 2.27. The Bertz CT molecular complexity index is 1750. The Kier molecular flexibility index (Phi) is 10.0. The monoisotopic (exact) mass is 635 g/mol. The van der Waals surface area contributed by atoms with Crippen LogP contribution in [0.3, 0.4) is 0 Å². The third-order valence-electron chi connectivity index (χ3n) is 7.92. The Labute approximate surface area is 262 Å². The number of para-hydroxylation sites is 1. The number of methoxy groups -OCH3 is 1. The zero-order valence-corrected chi connectivity index (χ0v) is 26.6. The number of phenols is 1. The Morgan fingerprint density at radius 2 is 1.70 bits per heavy atom. The minimum absolute atomic E-state index is 0.0896. The second-order valence-corrected chi connectivity index (χ2v) is 14.1. The number of fused-ring (bicyclic) bond motifs is 1. The molecule has 8 nitrogen and oxygen atoms in total. The fourth-order valence-electron chi connectivity index (χ4n) is 5.48. The molecule has 0 aliphatic carbocycles. The van der Waals surface area contributed by atoms with Crippen LogP contribution in [0.4, 0.5) is 0 Å². The second kappa shape index (κ2) is 13.9. The van der Waals surface area contributed by atoms with Crippen molar-refractivity contribution in [2.24, 2.45) is 0 Å². The highest BCUT2D eigenvalue weighted by Crippen LogP contribution is 2.45. The highest BCUT2D eigenvalue weighted by molar-refractivity contribution is 7.91. The van der Waals surface area contributed by atoms with E-state index in [-0.39, 0.29) is 22.0 Å². The van der Waals surface area contributed by atoms with Gasteiger partial charge in [0.25, 0.3) is 0 Å². The minimum Gasteiger partial charge on any atom is -0.506 e. The van der Waals surface area contributed by atoms with E-state index >= 15 is 0 Å². The van der Waals surface area contributed by atoms with Gasteiger partial charge in [0.1, 0.15) is 23.0 Å². The molecule has 1 fully saturated rings. The van der Waals surface area contributed by atoms with E-state index in [1.807, 2.05) is 6.92 Å². The molecule has 0 amide bonds. The fourth-order valence-corrected chi connectivity index (χ4v) is 8.32. The molecule has 232 valence electrons. The third kappa shape index (κ3) is 6.82. The van der Waals surface area contributed by atoms with E-state index in [1.165, 1.54) is 43.8 Å². The van der Waals surface area contributed by atoms with E-state index in [0.717, 1.165) is 19.6 Å². The lowest BCUT2D eigenvalue weighted by molar-refractivity contribution is 0.0600. The summed E-state index contributed by atoms with van der Waals surface area (Å²) in [6.07, 6.45) is 4.88. The van der Waals surface area contributed by atoms with Gasteiger partial charge in [-0.2, -0.15) is 0 Å². The van der Waals surface area contributed by atoms with Crippen molar-refractivity contribution in [1.82, 2.24) is 4.90 Å². The Morgan fingerprint density at radius 3 is 2.41 bits per heavy atom. The highest BCUT2D eigenvalue weighted by atomic mass is 32.2. The molecule has 4 aromatic rings. The first-order valence-electron chi connectivity index (χ1n) is 14.9. The summed E-state index contributed by atoms with van der Waals surface area (Å²) in [4.78, 5) is 29.0. The van der Waals surface area contributed by atoms with Crippen molar-refractivity contribution in [3.8, 4) is 21.9 Å². The van der Waals surface area contributed by atoms with Crippen LogP contribution in [0.15, 0.2) is 65.6 Å². The number of likely N-dealkylation sites (tertiary alicyclic amines) is 1. The van der Waals surface area contributed by atoms with Gasteiger partial charge in [-0.15, -0.1) is 11.3 Å². The molecule has 10 heteroatoms. The van der Waals surface area contributed by atoms with Gasteiger partial charge in [-0.1, -0.05) is 31.9 Å². The molecular weight excluding hydrogens is 599 g/mol. The number of unbranched alkanes of at least 4 members (excludes halogenated alkanes) is 1. The van der Waals surface area contributed by atoms with Crippen molar-refractivity contribution in [3.05, 3.63) is 77.4 Å². The molecule has 0 radical (unpaired) electrons. The molecule has 3 aromatic carbocycles. The lowest BCUT2D eigenvalue weighted by Gasteiger charge is -2.26. The van der Waals surface area contributed by atoms with Crippen LogP contribution >= 0.6 is 11.3 Å². The second-order valence-electron chi connectivity index (χ2n) is 10.9. The van der Waals surface area contributed by atoms with Gasteiger partial charge in [0, 0.05) is 33.3 Å². The van der Waals surface area contributed by atoms with Crippen LogP contribution in [0.5, 0.6) is 11.5 Å². The lowest BCUT2D eigenvalue weighted by Crippen LogP contribution is -2.33. The molecular formula is C34H37NO7S2. The number of aromatic hydroxyl groups is 1. The average molecular weight is 636 g/mol. The molecule has 0 spiro atoms. The Morgan fingerprint density at radius 1 is 0.977 bits per heavy atom. The van der Waals surface area contributed by atoms with E-state index in [2.05, 4.69) is 4.90 Å². The summed E-state index contributed by atoms with van der Waals surface area (Å²) < 4.78 is 37.6. The molecule has 0 bridgehead atoms. The summed E-state index contributed by atoms with van der Waals surface area (Å²) >= 11 is 1.21. The normalized spacial score (nSPS) is 14.0. The Hall–Kier alpha value is -3.73. The summed E-state index contributed by atoms with van der Waals surface area (Å²) in [5.41, 5.74) is 1.29. The predicted octanol–water partition coefficient (Wildman–Crippen LogP) is 6.73. The van der Waals surface area contributed by atoms with Gasteiger partial charge in [-0.25, -0.2) is 13.2 Å². The maximum Gasteiger partial charge on any atom is 0.337 e. The van der Waals surface area contributed by atoms with Crippen molar-refractivity contribution in [2.45, 2.75) is 43.9 Å². The number of piperidine rings is 1. The quantitative estimate of drug-likeness (QED) is 0.135. The van der Waals surface area contributed by atoms with E-state index in [4.69, 9.17) is 9.47 Å². The van der Waals surface area contributed by atoms with Crippen molar-refractivity contribution in [3.63, 3.8) is 0 Å². The fraction of sp³-hybridized carbons (Fsp3) is 0.353. The van der Waals surface area contributed by atoms with Crippen LogP contribution in [-0.4, -0.2) is 69.3 Å². The van der Waals surface area contributed by atoms with Gasteiger partial charge in [-0.3, -0.25) is 9.69 Å². The summed E-state index contributed by atoms with van der Waals surface area (Å²) in [6, 6.07) is 16.4. The number of thiophene rings is 1. The van der Waals surface area contributed by atoms with E-state index < -0.39 is 21.6 Å². The molecule has 1 aliphatic heterocycles. The number of nitrogens with zero attached hydrogens (tertiary/aromatic N) is 1. The van der Waals surface area contributed by atoms with Gasteiger partial charge in [0.05, 0.1) is 23.3 Å². The van der Waals surface area contributed by atoms with Crippen molar-refractivity contribution in [2.75, 3.05) is 39.1 Å². The minimum atomic E-state index is -3.75. The predicted molar refractivity (Wildman–Crippen MR) is 173 cm³/mol. The molecule has 0 atom stereocenters. The van der Waals surface area contributed by atoms with Gasteiger partial charge in [0.2, 0.25) is 0 Å². The summed E-state index contributed by atoms with van der Waals surface area (Å²) in [5, 5.41) is 11.9. The number of carbonyl (C=O) groups is 2. The first-order valence-corrected chi connectivity index (χ1v) is 17.4. The molecule has 1 N–H and O–H groups in total. The maximum atomic E-state index is 14.1. The first-order chi connectivity index (χ1) is 21.2. The molecule has 5 rings (SSSR count). The van der Waals surface area contributed by atoms with Crippen molar-refractivity contribution in [1.29, 1.82) is 0 Å². The van der Waals surface area contributed by atoms with Crippen LogP contribution in [0, 0.1) is 0 Å². The van der Waals surface area contributed by atoms with E-state index in [9.17, 15) is 23.1 Å². The Balaban J connectivity index is 1.51. The number of ketones is 1. The summed E-state index contributed by atoms with van der Waals surface area (Å²) in [5.74, 6) is -0.629. The molecule has 1 aromatic heterocycles. The van der Waals surface area contributed by atoms with Crippen molar-refractivity contribution < 1.29 is 32.6 Å². The first kappa shape index (κ1) is 31.7. The zero-order chi connectivity index (χ0) is 31.3. The zero-order valence-electron chi connectivity index (χ0n) is 25.0. The number of sulfone groups is 1. The third-order valence-corrected chi connectivity index (χ3v) is 10.9. The number of esters is 1. The van der Waals surface area contributed by atoms with Gasteiger partial charge < -0.3 is 14.6 Å². The van der Waals surface area contributed by atoms with Gasteiger partial charge in [-0.05, 0) is 80.9 Å². The van der Waals surface area contributed by atoms with E-state index in [0.29, 0.717) is 56.9 Å². The average Bonchev–Trinajstić information content (AvgIpc) is 3.42. The smallest absolute Gasteiger partial charge is 0.337 e. The number of hydrogen-bond acceptors (Lipinski definition) is 9. The summed E-state index contributed by atoms with van der Waals surface area (Å²) in [7, 11) is -2.45. The number of ether oxygens (including phenoxy) is 2. The van der Waals surface area contributed by atoms with Crippen LogP contribution < -0.4 is 4.74 Å². The number of benzene rings is 3. The largest absolute Gasteiger partial charge is 0.506 e. The van der Waals surface area contributed by atoms with Gasteiger partial charge in [0.15, 0.2) is 15.6 Å². The molecule has 1 saturated heterocycles. The summed E-state index contributed by atoms with van der Waals surface area (Å²) in [6.45, 7) is 5.51. The maximum absolute atomic E-state index is 14.1. The molecule has 44 heavy (non-hydrogen) atoms. The topological polar surface area (TPSA) is 110 Å². The van der Waals surface area contributed by atoms with Crippen LogP contribution in [0.1, 0.15) is 65.3 Å². The SMILES string of the molecule is CCCCS(=O)(=O)c1cccc(-c2sc3cc(C(=O)OC)ccc3c2C(=O)c2ccc(OCCN3CCCCC3)cc2)c1O. The number of carbonyl (C=O) groups excluding carboxylic acids is 2. The lowest BCUT2D eigenvalue weighted by atomic mass is 9.96. The standard InChI is InChI=1S/C34H37NO7S2/c1-3-4-21-44(39,40)29-10-8-9-27(32(29)37)33-30(26-16-13-24(34(38)41-2)22-28(26)43-33)31(36)23-11-14-25(15-12-23)42-20-19-35-17-6-5-7-18-35/h8-16,22,37H,3-7,17-21H2,1-2H3. The van der Waals surface area contributed by atoms with Crippen LogP contribution in [0.2, 0.25) is 0 Å². The van der Waals surface area contributed by atoms with Crippen molar-refractivity contribution >= 4 is 43.0 Å². The number of rotatable bonds is 12. The molecule has 2 heterocycles.